The number of aliphatic hydroxyl groups excluding tert-OH is 2. The summed E-state index contributed by atoms with van der Waals surface area (Å²) >= 11 is 0. The van der Waals surface area contributed by atoms with E-state index in [0.29, 0.717) is 13.2 Å². The van der Waals surface area contributed by atoms with Gasteiger partial charge in [-0.15, -0.1) is 0 Å². The molecule has 0 aromatic heterocycles. The van der Waals surface area contributed by atoms with Crippen LogP contribution in [0, 0.1) is 0 Å². The summed E-state index contributed by atoms with van der Waals surface area (Å²) in [6.45, 7) is 8.53. The predicted octanol–water partition coefficient (Wildman–Crippen LogP) is 0.133. The Kier molecular flexibility index (Phi) is 6.27. The monoisotopic (exact) mass is 205 g/mol. The van der Waals surface area contributed by atoms with Crippen molar-refractivity contribution in [2.45, 2.75) is 45.4 Å². The van der Waals surface area contributed by atoms with E-state index in [1.807, 2.05) is 27.7 Å². The van der Waals surface area contributed by atoms with Gasteiger partial charge in [-0.1, -0.05) is 0 Å². The lowest BCUT2D eigenvalue weighted by Gasteiger charge is -2.22. The molecular weight excluding hydrogens is 182 g/mol. The lowest BCUT2D eigenvalue weighted by atomic mass is 10.2. The molecule has 0 heterocycles. The van der Waals surface area contributed by atoms with Gasteiger partial charge in [0.25, 0.3) is 0 Å². The van der Waals surface area contributed by atoms with Gasteiger partial charge in [-0.3, -0.25) is 0 Å². The van der Waals surface area contributed by atoms with Gasteiger partial charge in [0.15, 0.2) is 0 Å². The van der Waals surface area contributed by atoms with Gasteiger partial charge < -0.3 is 20.3 Å². The molecule has 0 rings (SSSR count). The fourth-order valence-corrected chi connectivity index (χ4v) is 0.807. The first-order chi connectivity index (χ1) is 6.35. The Morgan fingerprint density at radius 1 is 1.36 bits per heavy atom. The van der Waals surface area contributed by atoms with E-state index in [-0.39, 0.29) is 18.2 Å². The number of rotatable bonds is 6. The van der Waals surface area contributed by atoms with Crippen molar-refractivity contribution in [3.8, 4) is 0 Å². The number of aliphatic hydroxyl groups is 2. The number of ether oxygens (including phenoxy) is 1. The van der Waals surface area contributed by atoms with Crippen LogP contribution in [0.2, 0.25) is 0 Å². The summed E-state index contributed by atoms with van der Waals surface area (Å²) in [6, 6.07) is 0.0132. The van der Waals surface area contributed by atoms with E-state index in [4.69, 9.17) is 9.84 Å². The summed E-state index contributed by atoms with van der Waals surface area (Å²) in [5, 5.41) is 21.2. The molecule has 0 aliphatic rings. The average molecular weight is 205 g/mol. The topological polar surface area (TPSA) is 61.7 Å². The van der Waals surface area contributed by atoms with Crippen molar-refractivity contribution in [1.82, 2.24) is 5.32 Å². The highest BCUT2D eigenvalue weighted by atomic mass is 16.5. The Morgan fingerprint density at radius 2 is 1.93 bits per heavy atom. The van der Waals surface area contributed by atoms with E-state index in [9.17, 15) is 5.11 Å². The third kappa shape index (κ3) is 8.44. The van der Waals surface area contributed by atoms with Gasteiger partial charge >= 0.3 is 0 Å². The Balaban J connectivity index is 3.51. The van der Waals surface area contributed by atoms with Crippen LogP contribution < -0.4 is 5.32 Å². The highest BCUT2D eigenvalue weighted by molar-refractivity contribution is 4.66. The SMILES string of the molecule is CC(CO)NCC(O)COC(C)(C)C. The highest BCUT2D eigenvalue weighted by Crippen LogP contribution is 2.06. The van der Waals surface area contributed by atoms with E-state index in [1.165, 1.54) is 0 Å². The maximum absolute atomic E-state index is 9.49. The third-order valence-corrected chi connectivity index (χ3v) is 1.68. The normalized spacial score (nSPS) is 16.7. The van der Waals surface area contributed by atoms with Crippen LogP contribution in [0.5, 0.6) is 0 Å². The molecule has 4 nitrogen and oxygen atoms in total. The second kappa shape index (κ2) is 6.35. The molecule has 0 aromatic carbocycles. The molecule has 0 radical (unpaired) electrons. The molecule has 2 unspecified atom stereocenters. The molecule has 0 aromatic rings. The third-order valence-electron chi connectivity index (χ3n) is 1.68. The van der Waals surface area contributed by atoms with Crippen molar-refractivity contribution in [2.24, 2.45) is 0 Å². The quantitative estimate of drug-likeness (QED) is 0.577. The largest absolute Gasteiger partial charge is 0.395 e. The predicted molar refractivity (Wildman–Crippen MR) is 56.3 cm³/mol. The van der Waals surface area contributed by atoms with Crippen molar-refractivity contribution < 1.29 is 14.9 Å². The first kappa shape index (κ1) is 13.8. The zero-order chi connectivity index (χ0) is 11.2. The molecule has 2 atom stereocenters. The molecule has 4 heteroatoms. The summed E-state index contributed by atoms with van der Waals surface area (Å²) in [5.74, 6) is 0. The number of hydrogen-bond acceptors (Lipinski definition) is 4. The molecule has 0 aliphatic heterocycles. The standard InChI is InChI=1S/C10H23NO3/c1-8(6-12)11-5-9(13)7-14-10(2,3)4/h8-9,11-13H,5-7H2,1-4H3. The van der Waals surface area contributed by atoms with Gasteiger partial charge in [-0.2, -0.15) is 0 Å². The van der Waals surface area contributed by atoms with E-state index in [1.54, 1.807) is 0 Å². The van der Waals surface area contributed by atoms with Gasteiger partial charge in [0, 0.05) is 12.6 Å². The van der Waals surface area contributed by atoms with Crippen LogP contribution in [0.15, 0.2) is 0 Å². The number of nitrogens with one attached hydrogen (secondary N) is 1. The van der Waals surface area contributed by atoms with Gasteiger partial charge in [-0.25, -0.2) is 0 Å². The van der Waals surface area contributed by atoms with Crippen molar-refractivity contribution >= 4 is 0 Å². The first-order valence-corrected chi connectivity index (χ1v) is 5.01. The Labute approximate surface area is 86.3 Å². The Morgan fingerprint density at radius 3 is 2.36 bits per heavy atom. The van der Waals surface area contributed by atoms with Crippen LogP contribution in [0.25, 0.3) is 0 Å². The molecule has 14 heavy (non-hydrogen) atoms. The minimum absolute atomic E-state index is 0.0132. The van der Waals surface area contributed by atoms with Gasteiger partial charge in [0.05, 0.1) is 24.9 Å². The molecule has 0 aliphatic carbocycles. The van der Waals surface area contributed by atoms with Crippen LogP contribution in [-0.4, -0.2) is 47.7 Å². The minimum atomic E-state index is -0.525. The lowest BCUT2D eigenvalue weighted by molar-refractivity contribution is -0.0485. The van der Waals surface area contributed by atoms with Crippen LogP contribution >= 0.6 is 0 Å². The molecule has 0 fully saturated rings. The van der Waals surface area contributed by atoms with Crippen molar-refractivity contribution in [3.05, 3.63) is 0 Å². The zero-order valence-corrected chi connectivity index (χ0v) is 9.58. The second-order valence-electron chi connectivity index (χ2n) is 4.57. The molecule has 0 spiro atoms. The van der Waals surface area contributed by atoms with E-state index in [2.05, 4.69) is 5.32 Å². The molecule has 0 saturated heterocycles. The fraction of sp³-hybridized carbons (Fsp3) is 1.00. The lowest BCUT2D eigenvalue weighted by Crippen LogP contribution is -2.39. The average Bonchev–Trinajstić information content (AvgIpc) is 2.09. The molecule has 0 saturated carbocycles. The molecule has 0 amide bonds. The molecular formula is C10H23NO3. The van der Waals surface area contributed by atoms with Crippen LogP contribution in [0.3, 0.4) is 0 Å². The molecule has 86 valence electrons. The van der Waals surface area contributed by atoms with Crippen LogP contribution in [0.1, 0.15) is 27.7 Å². The van der Waals surface area contributed by atoms with Gasteiger partial charge in [0.1, 0.15) is 0 Å². The summed E-state index contributed by atoms with van der Waals surface area (Å²) in [6.07, 6.45) is -0.525. The zero-order valence-electron chi connectivity index (χ0n) is 9.58. The maximum atomic E-state index is 9.49. The first-order valence-electron chi connectivity index (χ1n) is 5.01. The summed E-state index contributed by atoms with van der Waals surface area (Å²) in [5.41, 5.74) is -0.219. The van der Waals surface area contributed by atoms with E-state index in [0.717, 1.165) is 0 Å². The van der Waals surface area contributed by atoms with Crippen molar-refractivity contribution in [3.63, 3.8) is 0 Å². The van der Waals surface area contributed by atoms with Crippen molar-refractivity contribution in [1.29, 1.82) is 0 Å². The van der Waals surface area contributed by atoms with E-state index < -0.39 is 6.10 Å². The Bertz CT molecular complexity index is 145. The van der Waals surface area contributed by atoms with Crippen LogP contribution in [-0.2, 0) is 4.74 Å². The van der Waals surface area contributed by atoms with E-state index >= 15 is 0 Å². The van der Waals surface area contributed by atoms with Crippen molar-refractivity contribution in [2.75, 3.05) is 19.8 Å². The summed E-state index contributed by atoms with van der Waals surface area (Å²) in [4.78, 5) is 0. The van der Waals surface area contributed by atoms with Gasteiger partial charge in [0.2, 0.25) is 0 Å². The highest BCUT2D eigenvalue weighted by Gasteiger charge is 2.13. The maximum Gasteiger partial charge on any atom is 0.0898 e. The smallest absolute Gasteiger partial charge is 0.0898 e. The van der Waals surface area contributed by atoms with Crippen LogP contribution in [0.4, 0.5) is 0 Å². The summed E-state index contributed by atoms with van der Waals surface area (Å²) < 4.78 is 5.40. The fourth-order valence-electron chi connectivity index (χ4n) is 0.807. The summed E-state index contributed by atoms with van der Waals surface area (Å²) in [7, 11) is 0. The molecule has 3 N–H and O–H groups in total. The number of hydrogen-bond donors (Lipinski definition) is 3. The van der Waals surface area contributed by atoms with Gasteiger partial charge in [-0.05, 0) is 27.7 Å². The second-order valence-corrected chi connectivity index (χ2v) is 4.57. The minimum Gasteiger partial charge on any atom is -0.395 e. The molecule has 0 bridgehead atoms. The Hall–Kier alpha value is -0.160.